The van der Waals surface area contributed by atoms with Crippen LogP contribution in [0.4, 0.5) is 0 Å². The molecule has 1 heterocycles. The number of sulfone groups is 1. The lowest BCUT2D eigenvalue weighted by molar-refractivity contribution is -0.125. The van der Waals surface area contributed by atoms with Crippen LogP contribution in [0.2, 0.25) is 0 Å². The molecule has 0 saturated carbocycles. The zero-order valence-electron chi connectivity index (χ0n) is 13.4. The molecule has 1 aromatic rings. The molecule has 0 bridgehead atoms. The Labute approximate surface area is 137 Å². The van der Waals surface area contributed by atoms with E-state index < -0.39 is 9.84 Å². The molecule has 0 spiro atoms. The van der Waals surface area contributed by atoms with Gasteiger partial charge < -0.3 is 0 Å². The normalized spacial score (nSPS) is 22.5. The molecule has 124 valence electrons. The fourth-order valence-electron chi connectivity index (χ4n) is 2.73. The molecular formula is C17H22N2O3S. The summed E-state index contributed by atoms with van der Waals surface area (Å²) in [4.78, 5) is 11.6. The first-order valence-electron chi connectivity index (χ1n) is 7.50. The van der Waals surface area contributed by atoms with Crippen molar-refractivity contribution in [2.75, 3.05) is 5.75 Å². The summed E-state index contributed by atoms with van der Waals surface area (Å²) in [5.74, 6) is 0.0820. The molecule has 2 rings (SSSR count). The van der Waals surface area contributed by atoms with E-state index in [1.54, 1.807) is 18.2 Å². The Kier molecular flexibility index (Phi) is 5.38. The van der Waals surface area contributed by atoms with Crippen molar-refractivity contribution in [1.29, 1.82) is 0 Å². The van der Waals surface area contributed by atoms with Crippen LogP contribution in [0, 0.1) is 5.92 Å². The fourth-order valence-corrected chi connectivity index (χ4v) is 3.83. The van der Waals surface area contributed by atoms with E-state index in [-0.39, 0.29) is 28.5 Å². The van der Waals surface area contributed by atoms with E-state index in [0.717, 1.165) is 11.1 Å². The minimum Gasteiger partial charge on any atom is -0.291 e. The van der Waals surface area contributed by atoms with Gasteiger partial charge in [-0.15, -0.1) is 6.58 Å². The van der Waals surface area contributed by atoms with E-state index in [2.05, 4.69) is 17.4 Å². The molecule has 0 aromatic heterocycles. The molecule has 23 heavy (non-hydrogen) atoms. The maximum atomic E-state index is 12.1. The minimum absolute atomic E-state index is 0.0148. The van der Waals surface area contributed by atoms with Crippen LogP contribution in [-0.4, -0.2) is 26.1 Å². The van der Waals surface area contributed by atoms with Gasteiger partial charge in [-0.2, -0.15) is 0 Å². The highest BCUT2D eigenvalue weighted by Gasteiger charge is 2.26. The highest BCUT2D eigenvalue weighted by molar-refractivity contribution is 7.91. The third kappa shape index (κ3) is 4.30. The molecule has 0 radical (unpaired) electrons. The van der Waals surface area contributed by atoms with Gasteiger partial charge >= 0.3 is 0 Å². The van der Waals surface area contributed by atoms with Gasteiger partial charge in [0.1, 0.15) is 0 Å². The summed E-state index contributed by atoms with van der Waals surface area (Å²) < 4.78 is 24.2. The largest absolute Gasteiger partial charge is 0.291 e. The Balaban J connectivity index is 2.25. The lowest BCUT2D eigenvalue weighted by atomic mass is 9.90. The van der Waals surface area contributed by atoms with E-state index in [1.165, 1.54) is 6.08 Å². The number of benzene rings is 1. The van der Waals surface area contributed by atoms with Crippen molar-refractivity contribution < 1.29 is 13.2 Å². The average molecular weight is 334 g/mol. The van der Waals surface area contributed by atoms with Crippen molar-refractivity contribution in [3.63, 3.8) is 0 Å². The van der Waals surface area contributed by atoms with Crippen molar-refractivity contribution in [1.82, 2.24) is 10.9 Å². The van der Waals surface area contributed by atoms with E-state index in [9.17, 15) is 13.2 Å². The molecule has 0 aliphatic carbocycles. The molecule has 1 aromatic carbocycles. The van der Waals surface area contributed by atoms with Gasteiger partial charge in [0.25, 0.3) is 0 Å². The zero-order valence-corrected chi connectivity index (χ0v) is 14.2. The number of nitrogens with one attached hydrogen (secondary N) is 2. The molecular weight excluding hydrogens is 312 g/mol. The predicted molar refractivity (Wildman–Crippen MR) is 91.2 cm³/mol. The first-order chi connectivity index (χ1) is 10.8. The highest BCUT2D eigenvalue weighted by atomic mass is 32.2. The van der Waals surface area contributed by atoms with E-state index in [0.29, 0.717) is 6.42 Å². The van der Waals surface area contributed by atoms with Gasteiger partial charge in [0, 0.05) is 6.42 Å². The molecule has 2 unspecified atom stereocenters. The van der Waals surface area contributed by atoms with Crippen LogP contribution in [-0.2, 0) is 14.6 Å². The minimum atomic E-state index is -3.33. The van der Waals surface area contributed by atoms with Crippen LogP contribution in [0.3, 0.4) is 0 Å². The molecule has 1 aliphatic heterocycles. The Bertz CT molecular complexity index is 738. The van der Waals surface area contributed by atoms with Gasteiger partial charge in [0.05, 0.1) is 16.7 Å². The fraction of sp³-hybridized carbons (Fsp3) is 0.353. The number of hydrogen-bond acceptors (Lipinski definition) is 4. The summed E-state index contributed by atoms with van der Waals surface area (Å²) in [6.45, 7) is 7.47. The van der Waals surface area contributed by atoms with Crippen LogP contribution >= 0.6 is 0 Å². The summed E-state index contributed by atoms with van der Waals surface area (Å²) >= 11 is 0. The van der Waals surface area contributed by atoms with Crippen LogP contribution < -0.4 is 10.9 Å². The van der Waals surface area contributed by atoms with Gasteiger partial charge in [0.2, 0.25) is 5.91 Å². The second-order valence-electron chi connectivity index (χ2n) is 5.88. The molecule has 1 aliphatic rings. The van der Waals surface area contributed by atoms with Crippen LogP contribution in [0.5, 0.6) is 0 Å². The van der Waals surface area contributed by atoms with E-state index in [4.69, 9.17) is 0 Å². The van der Waals surface area contributed by atoms with Crippen molar-refractivity contribution in [2.45, 2.75) is 31.2 Å². The molecule has 6 heteroatoms. The molecule has 2 atom stereocenters. The van der Waals surface area contributed by atoms with Crippen molar-refractivity contribution in [3.05, 3.63) is 48.1 Å². The molecule has 1 amide bonds. The lowest BCUT2D eigenvalue weighted by Crippen LogP contribution is -2.53. The second-order valence-corrected chi connectivity index (χ2v) is 7.92. The van der Waals surface area contributed by atoms with Crippen LogP contribution in [0.25, 0.3) is 6.08 Å². The number of hydrogen-bond donors (Lipinski definition) is 2. The smallest absolute Gasteiger partial charge is 0.234 e. The summed E-state index contributed by atoms with van der Waals surface area (Å²) in [6, 6.07) is 6.87. The quantitative estimate of drug-likeness (QED) is 0.809. The van der Waals surface area contributed by atoms with Gasteiger partial charge in [0.15, 0.2) is 9.84 Å². The van der Waals surface area contributed by atoms with Crippen LogP contribution in [0.15, 0.2) is 47.4 Å². The predicted octanol–water partition coefficient (Wildman–Crippen LogP) is 2.08. The van der Waals surface area contributed by atoms with Gasteiger partial charge in [-0.05, 0) is 30.5 Å². The van der Waals surface area contributed by atoms with Crippen LogP contribution in [0.1, 0.15) is 25.8 Å². The third-order valence-electron chi connectivity index (χ3n) is 3.88. The summed E-state index contributed by atoms with van der Waals surface area (Å²) in [5, 5.41) is 0. The summed E-state index contributed by atoms with van der Waals surface area (Å²) in [5.41, 5.74) is 7.51. The molecule has 5 nitrogen and oxygen atoms in total. The SMILES string of the molecule is C=CCS(=O)(=O)c1cccc(/C=C(\C)C2NNC(=O)CC2C)c1. The number of carbonyl (C=O) groups is 1. The number of rotatable bonds is 5. The van der Waals surface area contributed by atoms with Gasteiger partial charge in [-0.3, -0.25) is 10.2 Å². The van der Waals surface area contributed by atoms with E-state index >= 15 is 0 Å². The van der Waals surface area contributed by atoms with Crippen molar-refractivity contribution >= 4 is 21.8 Å². The zero-order chi connectivity index (χ0) is 17.0. The Hall–Kier alpha value is -1.92. The molecule has 2 N–H and O–H groups in total. The molecule has 1 saturated heterocycles. The number of hydrazine groups is 1. The highest BCUT2D eigenvalue weighted by Crippen LogP contribution is 2.22. The number of amides is 1. The Morgan fingerprint density at radius 1 is 1.43 bits per heavy atom. The topological polar surface area (TPSA) is 75.3 Å². The maximum absolute atomic E-state index is 12.1. The number of carbonyl (C=O) groups excluding carboxylic acids is 1. The average Bonchev–Trinajstić information content (AvgIpc) is 2.47. The molecule has 1 fully saturated rings. The van der Waals surface area contributed by atoms with Crippen molar-refractivity contribution in [3.8, 4) is 0 Å². The third-order valence-corrected chi connectivity index (χ3v) is 5.53. The Morgan fingerprint density at radius 3 is 2.83 bits per heavy atom. The van der Waals surface area contributed by atoms with Crippen molar-refractivity contribution in [2.24, 2.45) is 5.92 Å². The second kappa shape index (κ2) is 7.10. The lowest BCUT2D eigenvalue weighted by Gasteiger charge is -2.30. The summed E-state index contributed by atoms with van der Waals surface area (Å²) in [7, 11) is -3.33. The van der Waals surface area contributed by atoms with Gasteiger partial charge in [-0.25, -0.2) is 13.8 Å². The first kappa shape index (κ1) is 17.4. The maximum Gasteiger partial charge on any atom is 0.234 e. The van der Waals surface area contributed by atoms with E-state index in [1.807, 2.05) is 26.0 Å². The Morgan fingerprint density at radius 2 is 2.17 bits per heavy atom. The van der Waals surface area contributed by atoms with Gasteiger partial charge in [-0.1, -0.05) is 36.8 Å². The standard InChI is InChI=1S/C17H22N2O3S/c1-4-8-23(21,22)15-7-5-6-14(11-15)9-12(2)17-13(3)10-16(20)18-19-17/h4-7,9,11,13,17,19H,1,8,10H2,2-3H3,(H,18,20)/b12-9+. The first-order valence-corrected chi connectivity index (χ1v) is 9.15. The monoisotopic (exact) mass is 334 g/mol. The summed E-state index contributed by atoms with van der Waals surface area (Å²) in [6.07, 6.45) is 3.80.